The molecule has 6 heteroatoms. The van der Waals surface area contributed by atoms with Gasteiger partial charge in [0.15, 0.2) is 0 Å². The number of fused-ring (bicyclic) bond motifs is 1. The summed E-state index contributed by atoms with van der Waals surface area (Å²) in [6.07, 6.45) is 0.454. The number of H-pyrrole nitrogens is 1. The summed E-state index contributed by atoms with van der Waals surface area (Å²) < 4.78 is 0. The minimum absolute atomic E-state index is 0.0438. The monoisotopic (exact) mass is 306 g/mol. The van der Waals surface area contributed by atoms with Gasteiger partial charge in [0.05, 0.1) is 6.42 Å². The topological polar surface area (TPSA) is 82.2 Å². The first-order valence-electron chi connectivity index (χ1n) is 6.34. The molecule has 0 saturated carbocycles. The summed E-state index contributed by atoms with van der Waals surface area (Å²) in [6.45, 7) is 3.72. The molecule has 110 valence electrons. The van der Waals surface area contributed by atoms with Crippen LogP contribution in [0.2, 0.25) is 5.02 Å². The molecule has 1 aliphatic rings. The van der Waals surface area contributed by atoms with Crippen LogP contribution in [0.5, 0.6) is 0 Å². The summed E-state index contributed by atoms with van der Waals surface area (Å²) >= 11 is 5.73. The number of aromatic nitrogens is 1. The minimum atomic E-state index is -0.906. The fourth-order valence-electron chi connectivity index (χ4n) is 1.97. The highest BCUT2D eigenvalue weighted by molar-refractivity contribution is 6.30. The van der Waals surface area contributed by atoms with Crippen LogP contribution in [-0.2, 0) is 11.2 Å². The lowest BCUT2D eigenvalue weighted by Gasteiger charge is -1.96. The highest BCUT2D eigenvalue weighted by atomic mass is 35.5. The molecule has 1 aromatic carbocycles. The van der Waals surface area contributed by atoms with E-state index < -0.39 is 5.97 Å². The molecule has 21 heavy (non-hydrogen) atoms. The lowest BCUT2D eigenvalue weighted by molar-refractivity contribution is -0.115. The second-order valence-corrected chi connectivity index (χ2v) is 5.26. The first-order chi connectivity index (χ1) is 9.86. The van der Waals surface area contributed by atoms with E-state index in [9.17, 15) is 9.59 Å². The number of carbonyl (C=O) groups excluding carboxylic acids is 1. The maximum Gasteiger partial charge on any atom is 0.352 e. The van der Waals surface area contributed by atoms with Crippen molar-refractivity contribution in [3.8, 4) is 0 Å². The highest BCUT2D eigenvalue weighted by Gasteiger charge is 2.16. The number of benzene rings is 1. The number of hydrogen-bond acceptors (Lipinski definition) is 2. The third-order valence-electron chi connectivity index (χ3n) is 3.20. The molecular formula is C15H15ClN2O3. The number of anilines is 1. The number of amides is 1. The van der Waals surface area contributed by atoms with E-state index >= 15 is 0 Å². The van der Waals surface area contributed by atoms with Gasteiger partial charge in [0, 0.05) is 16.4 Å². The zero-order valence-corrected chi connectivity index (χ0v) is 12.4. The van der Waals surface area contributed by atoms with Crippen molar-refractivity contribution in [3.05, 3.63) is 51.8 Å². The molecule has 0 aliphatic carbocycles. The second kappa shape index (κ2) is 6.01. The van der Waals surface area contributed by atoms with Crippen molar-refractivity contribution in [2.45, 2.75) is 20.3 Å². The van der Waals surface area contributed by atoms with Crippen LogP contribution in [0.4, 0.5) is 5.69 Å². The minimum Gasteiger partial charge on any atom is -0.477 e. The highest BCUT2D eigenvalue weighted by Crippen LogP contribution is 2.25. The van der Waals surface area contributed by atoms with Gasteiger partial charge in [-0.3, -0.25) is 4.79 Å². The van der Waals surface area contributed by atoms with E-state index in [0.29, 0.717) is 11.4 Å². The Morgan fingerprint density at radius 1 is 1.29 bits per heavy atom. The van der Waals surface area contributed by atoms with Crippen LogP contribution in [0.3, 0.4) is 0 Å². The van der Waals surface area contributed by atoms with Crippen LogP contribution in [0.1, 0.15) is 27.3 Å². The van der Waals surface area contributed by atoms with Crippen LogP contribution in [-0.4, -0.2) is 22.0 Å². The van der Waals surface area contributed by atoms with Gasteiger partial charge in [0.2, 0.25) is 5.91 Å². The first kappa shape index (κ1) is 15.1. The van der Waals surface area contributed by atoms with Gasteiger partial charge in [-0.1, -0.05) is 11.6 Å². The molecule has 3 rings (SSSR count). The van der Waals surface area contributed by atoms with Crippen molar-refractivity contribution in [1.29, 1.82) is 0 Å². The maximum atomic E-state index is 10.9. The molecule has 0 bridgehead atoms. The summed E-state index contributed by atoms with van der Waals surface area (Å²) in [7, 11) is 0. The molecule has 2 heterocycles. The van der Waals surface area contributed by atoms with Crippen molar-refractivity contribution in [1.82, 2.24) is 4.98 Å². The molecule has 0 radical (unpaired) electrons. The molecule has 0 spiro atoms. The molecule has 5 nitrogen and oxygen atoms in total. The van der Waals surface area contributed by atoms with E-state index in [4.69, 9.17) is 16.7 Å². The smallest absolute Gasteiger partial charge is 0.352 e. The van der Waals surface area contributed by atoms with E-state index in [-0.39, 0.29) is 11.6 Å². The average molecular weight is 307 g/mol. The molecule has 0 unspecified atom stereocenters. The van der Waals surface area contributed by atoms with E-state index in [1.807, 2.05) is 26.0 Å². The SMILES string of the molecule is Cc1cc(C(=O)O)[nH]c1C.O=C1Cc2cc(Cl)ccc2N1. The summed E-state index contributed by atoms with van der Waals surface area (Å²) in [4.78, 5) is 23.9. The molecule has 3 N–H and O–H groups in total. The normalized spacial score (nSPS) is 12.2. The number of rotatable bonds is 1. The predicted octanol–water partition coefficient (Wildman–Crippen LogP) is 3.16. The number of carboxylic acids is 1. The quantitative estimate of drug-likeness (QED) is 0.757. The number of carbonyl (C=O) groups is 2. The molecular weight excluding hydrogens is 292 g/mol. The molecule has 2 aromatic rings. The standard InChI is InChI=1S/C8H6ClNO.C7H9NO2/c9-6-1-2-7-5(3-6)4-8(11)10-7;1-4-3-6(7(9)10)8-5(4)2/h1-3H,4H2,(H,10,11);3,8H,1-2H3,(H,9,10). The third-order valence-corrected chi connectivity index (χ3v) is 3.43. The Morgan fingerprint density at radius 3 is 2.52 bits per heavy atom. The van der Waals surface area contributed by atoms with Crippen LogP contribution in [0, 0.1) is 13.8 Å². The molecule has 0 saturated heterocycles. The van der Waals surface area contributed by atoms with Crippen molar-refractivity contribution in [2.75, 3.05) is 5.32 Å². The molecule has 0 fully saturated rings. The molecule has 1 aliphatic heterocycles. The number of nitrogens with one attached hydrogen (secondary N) is 2. The number of carboxylic acid groups (broad SMARTS) is 1. The van der Waals surface area contributed by atoms with E-state index in [1.165, 1.54) is 0 Å². The summed E-state index contributed by atoms with van der Waals surface area (Å²) in [6, 6.07) is 7.03. The van der Waals surface area contributed by atoms with Crippen molar-refractivity contribution in [3.63, 3.8) is 0 Å². The summed E-state index contributed by atoms with van der Waals surface area (Å²) in [5, 5.41) is 11.9. The van der Waals surface area contributed by atoms with Gasteiger partial charge in [-0.2, -0.15) is 0 Å². The third kappa shape index (κ3) is 3.64. The van der Waals surface area contributed by atoms with E-state index in [0.717, 1.165) is 22.5 Å². The number of aromatic amines is 1. The predicted molar refractivity (Wildman–Crippen MR) is 81.0 cm³/mol. The Morgan fingerprint density at radius 2 is 2.00 bits per heavy atom. The van der Waals surface area contributed by atoms with Gasteiger partial charge in [-0.15, -0.1) is 0 Å². The number of aryl methyl sites for hydroxylation is 2. The Hall–Kier alpha value is -2.27. The van der Waals surface area contributed by atoms with Crippen molar-refractivity contribution < 1.29 is 14.7 Å². The van der Waals surface area contributed by atoms with Gasteiger partial charge in [-0.05, 0) is 49.2 Å². The first-order valence-corrected chi connectivity index (χ1v) is 6.72. The van der Waals surface area contributed by atoms with E-state index in [1.54, 1.807) is 12.1 Å². The Bertz CT molecular complexity index is 687. The molecule has 0 atom stereocenters. The lowest BCUT2D eigenvalue weighted by atomic mass is 10.2. The van der Waals surface area contributed by atoms with Crippen LogP contribution in [0.15, 0.2) is 24.3 Å². The number of aromatic carboxylic acids is 1. The van der Waals surface area contributed by atoms with Crippen molar-refractivity contribution >= 4 is 29.2 Å². The van der Waals surface area contributed by atoms with Crippen LogP contribution in [0.25, 0.3) is 0 Å². The number of hydrogen-bond donors (Lipinski definition) is 3. The van der Waals surface area contributed by atoms with Crippen molar-refractivity contribution in [2.24, 2.45) is 0 Å². The molecule has 1 amide bonds. The van der Waals surface area contributed by atoms with Gasteiger partial charge < -0.3 is 15.4 Å². The molecule has 1 aromatic heterocycles. The van der Waals surface area contributed by atoms with Crippen LogP contribution < -0.4 is 5.32 Å². The zero-order valence-electron chi connectivity index (χ0n) is 11.7. The van der Waals surface area contributed by atoms with Gasteiger partial charge in [0.25, 0.3) is 0 Å². The average Bonchev–Trinajstić information content (AvgIpc) is 2.92. The maximum absolute atomic E-state index is 10.9. The van der Waals surface area contributed by atoms with E-state index in [2.05, 4.69) is 10.3 Å². The second-order valence-electron chi connectivity index (χ2n) is 4.82. The van der Waals surface area contributed by atoms with Gasteiger partial charge in [-0.25, -0.2) is 4.79 Å². The fourth-order valence-corrected chi connectivity index (χ4v) is 2.17. The summed E-state index contributed by atoms with van der Waals surface area (Å²) in [5.41, 5.74) is 4.03. The van der Waals surface area contributed by atoms with Gasteiger partial charge >= 0.3 is 5.97 Å². The largest absolute Gasteiger partial charge is 0.477 e. The Kier molecular flexibility index (Phi) is 4.33. The van der Waals surface area contributed by atoms with Gasteiger partial charge in [0.1, 0.15) is 5.69 Å². The van der Waals surface area contributed by atoms with Crippen LogP contribution >= 0.6 is 11.6 Å². The zero-order chi connectivity index (χ0) is 15.6. The fraction of sp³-hybridized carbons (Fsp3) is 0.200. The lowest BCUT2D eigenvalue weighted by Crippen LogP contribution is -2.03. The summed E-state index contributed by atoms with van der Waals surface area (Å²) in [5.74, 6) is -0.863. The Labute approximate surface area is 126 Å². The Balaban J connectivity index is 0.000000155. The number of halogens is 1.